The quantitative estimate of drug-likeness (QED) is 0.446. The highest BCUT2D eigenvalue weighted by molar-refractivity contribution is 7.99. The third-order valence-electron chi connectivity index (χ3n) is 2.62. The molecule has 0 amide bonds. The van der Waals surface area contributed by atoms with Gasteiger partial charge in [0.25, 0.3) is 5.69 Å². The van der Waals surface area contributed by atoms with Crippen molar-refractivity contribution >= 4 is 35.0 Å². The van der Waals surface area contributed by atoms with E-state index in [-0.39, 0.29) is 22.9 Å². The highest BCUT2D eigenvalue weighted by Crippen LogP contribution is 2.34. The predicted octanol–water partition coefficient (Wildman–Crippen LogP) is 2.78. The van der Waals surface area contributed by atoms with Crippen molar-refractivity contribution in [3.8, 4) is 0 Å². The first-order chi connectivity index (χ1) is 10.9. The molecule has 2 rings (SSSR count). The molecular formula is C13H11ClN4O4S. The second-order valence-corrected chi connectivity index (χ2v) is 5.90. The lowest BCUT2D eigenvalue weighted by Crippen LogP contribution is -2.07. The molecule has 1 heterocycles. The van der Waals surface area contributed by atoms with Gasteiger partial charge in [-0.25, -0.2) is 4.79 Å². The molecule has 10 heteroatoms. The van der Waals surface area contributed by atoms with Gasteiger partial charge in [-0.3, -0.25) is 10.1 Å². The van der Waals surface area contributed by atoms with Crippen LogP contribution in [0.5, 0.6) is 0 Å². The number of aryl methyl sites for hydroxylation is 1. The van der Waals surface area contributed by atoms with Crippen molar-refractivity contribution in [3.05, 3.63) is 51.8 Å². The number of nitro benzene ring substituents is 1. The third-order valence-corrected chi connectivity index (χ3v) is 3.85. The fourth-order valence-electron chi connectivity index (χ4n) is 1.56. The molecule has 2 aromatic rings. The van der Waals surface area contributed by atoms with E-state index in [2.05, 4.69) is 16.8 Å². The van der Waals surface area contributed by atoms with Crippen molar-refractivity contribution in [1.29, 1.82) is 0 Å². The molecule has 0 spiro atoms. The van der Waals surface area contributed by atoms with Gasteiger partial charge in [-0.05, 0) is 23.9 Å². The molecule has 0 radical (unpaired) electrons. The van der Waals surface area contributed by atoms with Crippen molar-refractivity contribution in [1.82, 2.24) is 14.8 Å². The van der Waals surface area contributed by atoms with Crippen LogP contribution in [0.25, 0.3) is 0 Å². The molecule has 0 atom stereocenters. The number of carbonyl (C=O) groups excluding carboxylic acids is 1. The largest absolute Gasteiger partial charge is 0.456 e. The molecule has 8 nitrogen and oxygen atoms in total. The van der Waals surface area contributed by atoms with E-state index < -0.39 is 10.9 Å². The summed E-state index contributed by atoms with van der Waals surface area (Å²) in [6.45, 7) is 3.23. The average Bonchev–Trinajstić information content (AvgIpc) is 2.90. The van der Waals surface area contributed by atoms with Crippen molar-refractivity contribution < 1.29 is 14.5 Å². The van der Waals surface area contributed by atoms with Gasteiger partial charge in [0.1, 0.15) is 12.9 Å². The number of halogens is 1. The summed E-state index contributed by atoms with van der Waals surface area (Å²) in [5.74, 6) is -0.717. The van der Waals surface area contributed by atoms with Crippen molar-refractivity contribution in [3.63, 3.8) is 0 Å². The minimum Gasteiger partial charge on any atom is -0.456 e. The summed E-state index contributed by atoms with van der Waals surface area (Å²) in [5.41, 5.74) is -0.172. The van der Waals surface area contributed by atoms with Gasteiger partial charge in [-0.15, -0.1) is 10.2 Å². The monoisotopic (exact) mass is 354 g/mol. The zero-order valence-corrected chi connectivity index (χ0v) is 13.5. The number of benzene rings is 1. The Morgan fingerprint density at radius 1 is 1.57 bits per heavy atom. The molecule has 0 saturated carbocycles. The summed E-state index contributed by atoms with van der Waals surface area (Å²) in [7, 11) is 1.72. The first kappa shape index (κ1) is 17.0. The lowest BCUT2D eigenvalue weighted by molar-refractivity contribution is -0.387. The zero-order chi connectivity index (χ0) is 17.0. The molecule has 0 fully saturated rings. The molecule has 0 aliphatic heterocycles. The van der Waals surface area contributed by atoms with E-state index >= 15 is 0 Å². The highest BCUT2D eigenvalue weighted by Gasteiger charge is 2.20. The van der Waals surface area contributed by atoms with Gasteiger partial charge in [0.2, 0.25) is 0 Å². The number of carbonyl (C=O) groups is 1. The summed E-state index contributed by atoms with van der Waals surface area (Å²) in [4.78, 5) is 22.8. The van der Waals surface area contributed by atoms with Crippen LogP contribution in [0.15, 0.2) is 46.2 Å². The second kappa shape index (κ2) is 7.25. The molecule has 23 heavy (non-hydrogen) atoms. The highest BCUT2D eigenvalue weighted by atomic mass is 35.5. The summed E-state index contributed by atoms with van der Waals surface area (Å²) >= 11 is 6.59. The van der Waals surface area contributed by atoms with E-state index in [1.807, 2.05) is 0 Å². The van der Waals surface area contributed by atoms with Gasteiger partial charge in [-0.2, -0.15) is 0 Å². The van der Waals surface area contributed by atoms with Crippen LogP contribution in [0, 0.1) is 10.1 Å². The van der Waals surface area contributed by atoms with Gasteiger partial charge >= 0.3 is 5.97 Å². The Bertz CT molecular complexity index is 777. The first-order valence-electron chi connectivity index (χ1n) is 6.19. The van der Waals surface area contributed by atoms with Crippen LogP contribution < -0.4 is 0 Å². The Morgan fingerprint density at radius 3 is 2.87 bits per heavy atom. The van der Waals surface area contributed by atoms with Crippen molar-refractivity contribution in [2.24, 2.45) is 7.05 Å². The minimum atomic E-state index is -0.717. The maximum atomic E-state index is 11.8. The molecule has 0 bridgehead atoms. The maximum absolute atomic E-state index is 11.8. The smallest absolute Gasteiger partial charge is 0.338 e. The Morgan fingerprint density at radius 2 is 2.30 bits per heavy atom. The van der Waals surface area contributed by atoms with Crippen molar-refractivity contribution in [2.75, 3.05) is 6.61 Å². The van der Waals surface area contributed by atoms with E-state index in [0.29, 0.717) is 10.1 Å². The van der Waals surface area contributed by atoms with Crippen LogP contribution in [0.2, 0.25) is 0 Å². The standard InChI is InChI=1S/C13H11ClN4O4S/c1-8(14)6-22-12(19)9-3-4-11(10(5-9)18(20)21)23-13-16-15-7-17(13)2/h3-5,7H,1,6H2,2H3. The Hall–Kier alpha value is -2.39. The molecule has 0 unspecified atom stereocenters. The van der Waals surface area contributed by atoms with Crippen LogP contribution in [0.1, 0.15) is 10.4 Å². The summed E-state index contributed by atoms with van der Waals surface area (Å²) in [6, 6.07) is 4.05. The number of ether oxygens (including phenoxy) is 1. The Labute approximate surface area is 140 Å². The number of rotatable bonds is 6. The zero-order valence-electron chi connectivity index (χ0n) is 11.9. The molecule has 1 aromatic heterocycles. The molecule has 0 saturated heterocycles. The second-order valence-electron chi connectivity index (χ2n) is 4.36. The Balaban J connectivity index is 2.28. The van der Waals surface area contributed by atoms with Crippen LogP contribution in [-0.2, 0) is 11.8 Å². The van der Waals surface area contributed by atoms with Crippen molar-refractivity contribution in [2.45, 2.75) is 10.1 Å². The summed E-state index contributed by atoms with van der Waals surface area (Å²) in [6.07, 6.45) is 1.49. The molecule has 120 valence electrons. The van der Waals surface area contributed by atoms with Gasteiger partial charge in [0, 0.05) is 18.1 Å². The summed E-state index contributed by atoms with van der Waals surface area (Å²) < 4.78 is 6.49. The van der Waals surface area contributed by atoms with E-state index in [1.54, 1.807) is 11.6 Å². The van der Waals surface area contributed by atoms with E-state index in [4.69, 9.17) is 16.3 Å². The lowest BCUT2D eigenvalue weighted by Gasteiger charge is -2.06. The normalized spacial score (nSPS) is 10.3. The SMILES string of the molecule is C=C(Cl)COC(=O)c1ccc(Sc2nncn2C)c([N+](=O)[O-])c1. The Kier molecular flexibility index (Phi) is 5.35. The number of nitrogens with zero attached hydrogens (tertiary/aromatic N) is 4. The van der Waals surface area contributed by atoms with Gasteiger partial charge < -0.3 is 9.30 Å². The van der Waals surface area contributed by atoms with E-state index in [1.165, 1.54) is 18.5 Å². The average molecular weight is 355 g/mol. The fourth-order valence-corrected chi connectivity index (χ4v) is 2.47. The van der Waals surface area contributed by atoms with Crippen LogP contribution in [0.4, 0.5) is 5.69 Å². The first-order valence-corrected chi connectivity index (χ1v) is 7.38. The van der Waals surface area contributed by atoms with Gasteiger partial charge in [0.15, 0.2) is 5.16 Å². The molecular weight excluding hydrogens is 344 g/mol. The topological polar surface area (TPSA) is 100 Å². The third kappa shape index (κ3) is 4.30. The van der Waals surface area contributed by atoms with Gasteiger partial charge in [-0.1, -0.05) is 18.2 Å². The molecule has 0 aliphatic rings. The molecule has 1 aromatic carbocycles. The van der Waals surface area contributed by atoms with Crippen LogP contribution in [0.3, 0.4) is 0 Å². The molecule has 0 aliphatic carbocycles. The van der Waals surface area contributed by atoms with Gasteiger partial charge in [0.05, 0.1) is 15.4 Å². The lowest BCUT2D eigenvalue weighted by atomic mass is 10.2. The number of esters is 1. The number of hydrogen-bond donors (Lipinski definition) is 0. The fraction of sp³-hybridized carbons (Fsp3) is 0.154. The predicted molar refractivity (Wildman–Crippen MR) is 83.5 cm³/mol. The van der Waals surface area contributed by atoms with E-state index in [0.717, 1.165) is 17.8 Å². The summed E-state index contributed by atoms with van der Waals surface area (Å²) in [5, 5.41) is 19.4. The van der Waals surface area contributed by atoms with Crippen LogP contribution >= 0.6 is 23.4 Å². The number of hydrogen-bond acceptors (Lipinski definition) is 7. The molecule has 0 N–H and O–H groups in total. The number of nitro groups is 1. The number of aromatic nitrogens is 3. The van der Waals surface area contributed by atoms with Crippen LogP contribution in [-0.4, -0.2) is 32.3 Å². The maximum Gasteiger partial charge on any atom is 0.338 e. The minimum absolute atomic E-state index is 0.0527. The van der Waals surface area contributed by atoms with E-state index in [9.17, 15) is 14.9 Å².